The van der Waals surface area contributed by atoms with Gasteiger partial charge in [-0.1, -0.05) is 19.9 Å². The van der Waals surface area contributed by atoms with Gasteiger partial charge in [-0.2, -0.15) is 5.26 Å². The van der Waals surface area contributed by atoms with Gasteiger partial charge in [0.2, 0.25) is 5.91 Å². The standard InChI is InChI=1S/C30H44N4O3/c1-4-30(37,5-2)28(15-18-35)34-17-8-10-26(34)29(36)33-16-7-9-24(33)13-14-25-20-23-12-11-22(21-31)19-27(23)32(25)6-3/h11-12,19-20,24,26,28,35,37H,4-10,13-18H2,1-3H3. The lowest BCUT2D eigenvalue weighted by Gasteiger charge is -2.43. The van der Waals surface area contributed by atoms with E-state index in [4.69, 9.17) is 0 Å². The van der Waals surface area contributed by atoms with Gasteiger partial charge in [-0.3, -0.25) is 9.69 Å². The molecule has 3 atom stereocenters. The van der Waals surface area contributed by atoms with Gasteiger partial charge >= 0.3 is 0 Å². The Labute approximate surface area is 221 Å². The van der Waals surface area contributed by atoms with Crippen LogP contribution in [-0.2, 0) is 17.8 Å². The van der Waals surface area contributed by atoms with E-state index < -0.39 is 5.60 Å². The van der Waals surface area contributed by atoms with Crippen LogP contribution in [0.25, 0.3) is 10.9 Å². The predicted octanol–water partition coefficient (Wildman–Crippen LogP) is 4.22. The maximum Gasteiger partial charge on any atom is 0.240 e. The van der Waals surface area contributed by atoms with Crippen molar-refractivity contribution in [3.63, 3.8) is 0 Å². The Morgan fingerprint density at radius 1 is 1.16 bits per heavy atom. The fourth-order valence-corrected chi connectivity index (χ4v) is 6.91. The Bertz CT molecular complexity index is 1120. The SMILES string of the molecule is CCn1c(CCC2CCCN2C(=O)C2CCCN2C(CCO)C(O)(CC)CC)cc2ccc(C#N)cc21. The molecule has 1 amide bonds. The molecule has 0 bridgehead atoms. The van der Waals surface area contributed by atoms with Gasteiger partial charge in [0.1, 0.15) is 0 Å². The first-order valence-corrected chi connectivity index (χ1v) is 14.3. The van der Waals surface area contributed by atoms with E-state index in [-0.39, 0.29) is 30.6 Å². The van der Waals surface area contributed by atoms with Crippen molar-refractivity contribution in [2.24, 2.45) is 0 Å². The minimum atomic E-state index is -0.894. The quantitative estimate of drug-likeness (QED) is 0.474. The first-order valence-electron chi connectivity index (χ1n) is 14.3. The molecule has 2 aliphatic rings. The molecule has 0 spiro atoms. The molecule has 202 valence electrons. The molecule has 2 fully saturated rings. The molecule has 2 N–H and O–H groups in total. The zero-order valence-corrected chi connectivity index (χ0v) is 22.8. The second-order valence-electron chi connectivity index (χ2n) is 10.9. The van der Waals surface area contributed by atoms with Gasteiger partial charge in [-0.05, 0) is 94.8 Å². The van der Waals surface area contributed by atoms with E-state index in [1.165, 1.54) is 5.69 Å². The molecule has 1 aromatic heterocycles. The lowest BCUT2D eigenvalue weighted by molar-refractivity contribution is -0.141. The summed E-state index contributed by atoms with van der Waals surface area (Å²) in [6.45, 7) is 8.58. The number of hydrogen-bond acceptors (Lipinski definition) is 5. The van der Waals surface area contributed by atoms with Crippen molar-refractivity contribution in [2.45, 2.75) is 109 Å². The average molecular weight is 509 g/mol. The van der Waals surface area contributed by atoms with E-state index in [1.807, 2.05) is 32.0 Å². The average Bonchev–Trinajstić information content (AvgIpc) is 3.67. The van der Waals surface area contributed by atoms with Crippen LogP contribution in [0.4, 0.5) is 0 Å². The van der Waals surface area contributed by atoms with Crippen LogP contribution in [0.3, 0.4) is 0 Å². The lowest BCUT2D eigenvalue weighted by atomic mass is 9.85. The van der Waals surface area contributed by atoms with Gasteiger partial charge in [0.25, 0.3) is 0 Å². The van der Waals surface area contributed by atoms with E-state index in [1.54, 1.807) is 0 Å². The van der Waals surface area contributed by atoms with Crippen LogP contribution >= 0.6 is 0 Å². The normalized spacial score (nSPS) is 21.6. The Hall–Kier alpha value is -2.40. The maximum absolute atomic E-state index is 13.9. The summed E-state index contributed by atoms with van der Waals surface area (Å²) in [6, 6.07) is 10.2. The molecule has 7 heteroatoms. The summed E-state index contributed by atoms with van der Waals surface area (Å²) in [5.74, 6) is 0.201. The lowest BCUT2D eigenvalue weighted by Crippen LogP contribution is -2.58. The smallest absolute Gasteiger partial charge is 0.240 e. The number of aromatic nitrogens is 1. The number of aryl methyl sites for hydroxylation is 2. The highest BCUT2D eigenvalue weighted by atomic mass is 16.3. The molecule has 0 saturated carbocycles. The van der Waals surface area contributed by atoms with Crippen LogP contribution in [0.15, 0.2) is 24.3 Å². The molecule has 2 aromatic rings. The van der Waals surface area contributed by atoms with Crippen LogP contribution in [0.5, 0.6) is 0 Å². The number of nitriles is 1. The summed E-state index contributed by atoms with van der Waals surface area (Å²) in [4.78, 5) is 18.3. The van der Waals surface area contributed by atoms with Crippen molar-refractivity contribution >= 4 is 16.8 Å². The third kappa shape index (κ3) is 5.43. The molecular formula is C30H44N4O3. The molecule has 2 saturated heterocycles. The number of likely N-dealkylation sites (tertiary alicyclic amines) is 2. The van der Waals surface area contributed by atoms with Crippen LogP contribution < -0.4 is 0 Å². The number of benzene rings is 1. The first kappa shape index (κ1) is 27.6. The molecular weight excluding hydrogens is 464 g/mol. The van der Waals surface area contributed by atoms with Crippen molar-refractivity contribution in [3.8, 4) is 6.07 Å². The third-order valence-electron chi connectivity index (χ3n) is 9.06. The summed E-state index contributed by atoms with van der Waals surface area (Å²) >= 11 is 0. The minimum Gasteiger partial charge on any atom is -0.396 e. The fourth-order valence-electron chi connectivity index (χ4n) is 6.91. The number of hydrogen-bond donors (Lipinski definition) is 2. The zero-order valence-electron chi connectivity index (χ0n) is 22.8. The van der Waals surface area contributed by atoms with Crippen LogP contribution in [0.1, 0.15) is 83.4 Å². The van der Waals surface area contributed by atoms with Crippen molar-refractivity contribution in [2.75, 3.05) is 19.7 Å². The Morgan fingerprint density at radius 3 is 2.59 bits per heavy atom. The largest absolute Gasteiger partial charge is 0.396 e. The Kier molecular flexibility index (Phi) is 8.94. The van der Waals surface area contributed by atoms with Gasteiger partial charge in [0, 0.05) is 43.0 Å². The third-order valence-corrected chi connectivity index (χ3v) is 9.06. The van der Waals surface area contributed by atoms with Crippen molar-refractivity contribution < 1.29 is 15.0 Å². The Balaban J connectivity index is 1.49. The van der Waals surface area contributed by atoms with Gasteiger partial charge in [-0.25, -0.2) is 0 Å². The van der Waals surface area contributed by atoms with Crippen LogP contribution in [0.2, 0.25) is 0 Å². The predicted molar refractivity (Wildman–Crippen MR) is 146 cm³/mol. The molecule has 2 aliphatic heterocycles. The molecule has 1 aromatic carbocycles. The summed E-state index contributed by atoms with van der Waals surface area (Å²) in [6.07, 6.45) is 7.34. The Morgan fingerprint density at radius 2 is 1.92 bits per heavy atom. The number of rotatable bonds is 11. The van der Waals surface area contributed by atoms with Crippen molar-refractivity contribution in [1.29, 1.82) is 5.26 Å². The van der Waals surface area contributed by atoms with Gasteiger partial charge in [0.05, 0.1) is 23.3 Å². The molecule has 4 rings (SSSR count). The van der Waals surface area contributed by atoms with E-state index in [2.05, 4.69) is 33.4 Å². The summed E-state index contributed by atoms with van der Waals surface area (Å²) < 4.78 is 2.30. The topological polar surface area (TPSA) is 92.7 Å². The second-order valence-corrected chi connectivity index (χ2v) is 10.9. The molecule has 0 aliphatic carbocycles. The van der Waals surface area contributed by atoms with E-state index in [9.17, 15) is 20.3 Å². The summed E-state index contributed by atoms with van der Waals surface area (Å²) in [5.41, 5.74) is 2.15. The number of nitrogens with zero attached hydrogens (tertiary/aromatic N) is 4. The number of aliphatic hydroxyl groups is 2. The fraction of sp³-hybridized carbons (Fsp3) is 0.667. The van der Waals surface area contributed by atoms with Crippen molar-refractivity contribution in [3.05, 3.63) is 35.5 Å². The van der Waals surface area contributed by atoms with Crippen LogP contribution in [-0.4, -0.2) is 73.9 Å². The monoisotopic (exact) mass is 508 g/mol. The molecule has 37 heavy (non-hydrogen) atoms. The highest BCUT2D eigenvalue weighted by molar-refractivity contribution is 5.83. The van der Waals surface area contributed by atoms with Gasteiger partial charge in [0.15, 0.2) is 0 Å². The highest BCUT2D eigenvalue weighted by Gasteiger charge is 2.45. The van der Waals surface area contributed by atoms with Crippen LogP contribution in [0, 0.1) is 11.3 Å². The van der Waals surface area contributed by atoms with Gasteiger partial charge < -0.3 is 19.7 Å². The van der Waals surface area contributed by atoms with Crippen molar-refractivity contribution in [1.82, 2.24) is 14.4 Å². The number of amides is 1. The number of fused-ring (bicyclic) bond motifs is 1. The molecule has 3 heterocycles. The first-order chi connectivity index (χ1) is 17.9. The van der Waals surface area contributed by atoms with E-state index in [0.717, 1.165) is 69.1 Å². The maximum atomic E-state index is 13.9. The number of carbonyl (C=O) groups is 1. The zero-order chi connectivity index (χ0) is 26.6. The second kappa shape index (κ2) is 12.0. The molecule has 7 nitrogen and oxygen atoms in total. The van der Waals surface area contributed by atoms with E-state index in [0.29, 0.717) is 24.8 Å². The molecule has 0 radical (unpaired) electrons. The summed E-state index contributed by atoms with van der Waals surface area (Å²) in [7, 11) is 0. The summed E-state index contributed by atoms with van der Waals surface area (Å²) in [5, 5.41) is 31.6. The number of aliphatic hydroxyl groups excluding tert-OH is 1. The minimum absolute atomic E-state index is 0.0119. The van der Waals surface area contributed by atoms with E-state index >= 15 is 0 Å². The highest BCUT2D eigenvalue weighted by Crippen LogP contribution is 2.34. The number of carbonyl (C=O) groups excluding carboxylic acids is 1. The van der Waals surface area contributed by atoms with Gasteiger partial charge in [-0.15, -0.1) is 0 Å². The molecule has 3 unspecified atom stereocenters.